The zero-order valence-corrected chi connectivity index (χ0v) is 12.2. The van der Waals surface area contributed by atoms with E-state index < -0.39 is 0 Å². The van der Waals surface area contributed by atoms with Gasteiger partial charge >= 0.3 is 0 Å². The van der Waals surface area contributed by atoms with Crippen LogP contribution in [-0.4, -0.2) is 24.6 Å². The minimum absolute atomic E-state index is 0.765. The second-order valence-electron chi connectivity index (χ2n) is 6.32. The summed E-state index contributed by atoms with van der Waals surface area (Å²) in [6.07, 6.45) is 8.93. The highest BCUT2D eigenvalue weighted by atomic mass is 15.2. The van der Waals surface area contributed by atoms with Crippen LogP contribution in [0.25, 0.3) is 0 Å². The topological polar surface area (TPSA) is 28.2 Å². The lowest BCUT2D eigenvalue weighted by Gasteiger charge is -2.31. The molecule has 0 bridgehead atoms. The Balaban J connectivity index is 1.60. The first-order valence-electron chi connectivity index (χ1n) is 7.62. The lowest BCUT2D eigenvalue weighted by atomic mass is 9.85. The molecule has 2 saturated carbocycles. The van der Waals surface area contributed by atoms with Crippen molar-refractivity contribution in [3.63, 3.8) is 0 Å². The Bertz CT molecular complexity index is 436. The Hall–Kier alpha value is -1.09. The van der Waals surface area contributed by atoms with Crippen molar-refractivity contribution in [2.45, 2.75) is 51.6 Å². The normalized spacial score (nSPS) is 19.3. The van der Waals surface area contributed by atoms with Crippen molar-refractivity contribution in [1.82, 2.24) is 10.3 Å². The summed E-state index contributed by atoms with van der Waals surface area (Å²) in [5.74, 6) is 2.05. The second kappa shape index (κ2) is 5.49. The summed E-state index contributed by atoms with van der Waals surface area (Å²) in [6.45, 7) is 4.30. The van der Waals surface area contributed by atoms with E-state index in [1.54, 1.807) is 0 Å². The van der Waals surface area contributed by atoms with E-state index in [0.717, 1.165) is 30.9 Å². The fourth-order valence-corrected chi connectivity index (χ4v) is 2.82. The third-order valence-electron chi connectivity index (χ3n) is 4.40. The molecule has 1 heterocycles. The van der Waals surface area contributed by atoms with Gasteiger partial charge in [-0.3, -0.25) is 0 Å². The van der Waals surface area contributed by atoms with Crippen molar-refractivity contribution < 1.29 is 0 Å². The van der Waals surface area contributed by atoms with Crippen LogP contribution in [0, 0.1) is 12.8 Å². The van der Waals surface area contributed by atoms with Gasteiger partial charge in [0.1, 0.15) is 5.82 Å². The summed E-state index contributed by atoms with van der Waals surface area (Å²) in [6, 6.07) is 3.05. The minimum Gasteiger partial charge on any atom is -0.359 e. The molecule has 0 saturated heterocycles. The Labute approximate surface area is 116 Å². The van der Waals surface area contributed by atoms with Gasteiger partial charge in [-0.1, -0.05) is 6.42 Å². The van der Waals surface area contributed by atoms with Gasteiger partial charge in [0.2, 0.25) is 0 Å². The molecule has 19 heavy (non-hydrogen) atoms. The molecule has 104 valence electrons. The molecule has 0 unspecified atom stereocenters. The maximum absolute atomic E-state index is 4.67. The van der Waals surface area contributed by atoms with Crippen molar-refractivity contribution in [2.24, 2.45) is 5.92 Å². The number of anilines is 1. The summed E-state index contributed by atoms with van der Waals surface area (Å²) in [5.41, 5.74) is 2.61. The highest BCUT2D eigenvalue weighted by molar-refractivity contribution is 5.46. The molecule has 0 aromatic carbocycles. The predicted octanol–water partition coefficient (Wildman–Crippen LogP) is 2.88. The standard InChI is InChI=1S/C16H25N3/c1-12-8-14(9-17-15-6-7-15)10-18-16(12)19(2)11-13-4-3-5-13/h8,10,13,15,17H,3-7,9,11H2,1-2H3. The number of hydrogen-bond acceptors (Lipinski definition) is 3. The molecule has 0 radical (unpaired) electrons. The van der Waals surface area contributed by atoms with Crippen molar-refractivity contribution in [3.05, 3.63) is 23.4 Å². The lowest BCUT2D eigenvalue weighted by Crippen LogP contribution is -2.30. The van der Waals surface area contributed by atoms with Crippen LogP contribution in [0.1, 0.15) is 43.2 Å². The van der Waals surface area contributed by atoms with Crippen molar-refractivity contribution in [3.8, 4) is 0 Å². The number of hydrogen-bond donors (Lipinski definition) is 1. The molecule has 0 amide bonds. The van der Waals surface area contributed by atoms with Crippen LogP contribution >= 0.6 is 0 Å². The average Bonchev–Trinajstić information content (AvgIpc) is 3.15. The molecule has 1 aromatic rings. The quantitative estimate of drug-likeness (QED) is 0.851. The fourth-order valence-electron chi connectivity index (χ4n) is 2.82. The third kappa shape index (κ3) is 3.27. The van der Waals surface area contributed by atoms with Gasteiger partial charge < -0.3 is 10.2 Å². The fraction of sp³-hybridized carbons (Fsp3) is 0.688. The monoisotopic (exact) mass is 259 g/mol. The van der Waals surface area contributed by atoms with Gasteiger partial charge in [-0.05, 0) is 55.7 Å². The van der Waals surface area contributed by atoms with Gasteiger partial charge in [0, 0.05) is 32.4 Å². The van der Waals surface area contributed by atoms with Gasteiger partial charge in [0.25, 0.3) is 0 Å². The lowest BCUT2D eigenvalue weighted by molar-refractivity contribution is 0.321. The van der Waals surface area contributed by atoms with Crippen LogP contribution in [0.5, 0.6) is 0 Å². The number of pyridine rings is 1. The Morgan fingerprint density at radius 3 is 2.68 bits per heavy atom. The van der Waals surface area contributed by atoms with E-state index in [1.165, 1.54) is 43.2 Å². The summed E-state index contributed by atoms with van der Waals surface area (Å²) >= 11 is 0. The number of nitrogens with zero attached hydrogens (tertiary/aromatic N) is 2. The SMILES string of the molecule is Cc1cc(CNC2CC2)cnc1N(C)CC1CCC1. The smallest absolute Gasteiger partial charge is 0.131 e. The zero-order chi connectivity index (χ0) is 13.2. The van der Waals surface area contributed by atoms with E-state index in [2.05, 4.69) is 35.2 Å². The first-order chi connectivity index (χ1) is 9.22. The Morgan fingerprint density at radius 1 is 1.32 bits per heavy atom. The number of aryl methyl sites for hydroxylation is 1. The van der Waals surface area contributed by atoms with Crippen molar-refractivity contribution in [1.29, 1.82) is 0 Å². The van der Waals surface area contributed by atoms with Gasteiger partial charge in [0.05, 0.1) is 0 Å². The van der Waals surface area contributed by atoms with Gasteiger partial charge in [0.15, 0.2) is 0 Å². The molecule has 3 heteroatoms. The Kier molecular flexibility index (Phi) is 3.74. The zero-order valence-electron chi connectivity index (χ0n) is 12.2. The highest BCUT2D eigenvalue weighted by Gasteiger charge is 2.21. The first-order valence-corrected chi connectivity index (χ1v) is 7.62. The van der Waals surface area contributed by atoms with Crippen molar-refractivity contribution >= 4 is 5.82 Å². The predicted molar refractivity (Wildman–Crippen MR) is 79.4 cm³/mol. The van der Waals surface area contributed by atoms with Gasteiger partial charge in [-0.2, -0.15) is 0 Å². The van der Waals surface area contributed by atoms with E-state index in [1.807, 2.05) is 6.20 Å². The maximum atomic E-state index is 4.67. The first kappa shape index (κ1) is 12.9. The molecule has 0 atom stereocenters. The van der Waals surface area contributed by atoms with Crippen LogP contribution in [0.3, 0.4) is 0 Å². The summed E-state index contributed by atoms with van der Waals surface area (Å²) in [4.78, 5) is 7.00. The Morgan fingerprint density at radius 2 is 2.11 bits per heavy atom. The van der Waals surface area contributed by atoms with Crippen LogP contribution in [0.15, 0.2) is 12.3 Å². The van der Waals surface area contributed by atoms with Crippen LogP contribution in [0.4, 0.5) is 5.82 Å². The molecule has 2 aliphatic rings. The van der Waals surface area contributed by atoms with E-state index in [4.69, 9.17) is 0 Å². The molecule has 3 nitrogen and oxygen atoms in total. The van der Waals surface area contributed by atoms with Gasteiger partial charge in [-0.25, -0.2) is 4.98 Å². The van der Waals surface area contributed by atoms with E-state index in [0.29, 0.717) is 0 Å². The summed E-state index contributed by atoms with van der Waals surface area (Å²) in [5, 5.41) is 3.55. The molecule has 2 fully saturated rings. The second-order valence-corrected chi connectivity index (χ2v) is 6.32. The maximum Gasteiger partial charge on any atom is 0.131 e. The van der Waals surface area contributed by atoms with Crippen LogP contribution in [-0.2, 0) is 6.54 Å². The molecule has 2 aliphatic carbocycles. The molecule has 0 aliphatic heterocycles. The third-order valence-corrected chi connectivity index (χ3v) is 4.40. The van der Waals surface area contributed by atoms with E-state index >= 15 is 0 Å². The molecular formula is C16H25N3. The van der Waals surface area contributed by atoms with E-state index in [9.17, 15) is 0 Å². The van der Waals surface area contributed by atoms with Gasteiger partial charge in [-0.15, -0.1) is 0 Å². The minimum atomic E-state index is 0.765. The van der Waals surface area contributed by atoms with E-state index in [-0.39, 0.29) is 0 Å². The number of aromatic nitrogens is 1. The molecular weight excluding hydrogens is 234 g/mol. The highest BCUT2D eigenvalue weighted by Crippen LogP contribution is 2.28. The van der Waals surface area contributed by atoms with Crippen molar-refractivity contribution in [2.75, 3.05) is 18.5 Å². The largest absolute Gasteiger partial charge is 0.359 e. The average molecular weight is 259 g/mol. The molecule has 1 aromatic heterocycles. The number of rotatable bonds is 6. The van der Waals surface area contributed by atoms with Crippen LogP contribution < -0.4 is 10.2 Å². The molecule has 1 N–H and O–H groups in total. The summed E-state index contributed by atoms with van der Waals surface area (Å²) < 4.78 is 0. The van der Waals surface area contributed by atoms with Crippen LogP contribution in [0.2, 0.25) is 0 Å². The molecule has 3 rings (SSSR count). The number of nitrogens with one attached hydrogen (secondary N) is 1. The molecule has 0 spiro atoms. The summed E-state index contributed by atoms with van der Waals surface area (Å²) in [7, 11) is 2.18.